The van der Waals surface area contributed by atoms with Crippen molar-refractivity contribution in [2.75, 3.05) is 26.2 Å². The third kappa shape index (κ3) is 1.85. The van der Waals surface area contributed by atoms with Crippen molar-refractivity contribution in [3.05, 3.63) is 11.4 Å². The molecule has 0 aromatic heterocycles. The van der Waals surface area contributed by atoms with Gasteiger partial charge in [0.15, 0.2) is 5.79 Å². The van der Waals surface area contributed by atoms with Crippen molar-refractivity contribution in [3.63, 3.8) is 0 Å². The highest BCUT2D eigenvalue weighted by atomic mass is 15.4. The lowest BCUT2D eigenvalue weighted by molar-refractivity contribution is 0.0720. The molecule has 2 heterocycles. The Kier molecular flexibility index (Phi) is 2.77. The first-order valence-corrected chi connectivity index (χ1v) is 5.59. The van der Waals surface area contributed by atoms with Crippen molar-refractivity contribution in [2.45, 2.75) is 19.6 Å². The van der Waals surface area contributed by atoms with Crippen LogP contribution in [0.5, 0.6) is 0 Å². The van der Waals surface area contributed by atoms with Crippen molar-refractivity contribution >= 4 is 5.84 Å². The van der Waals surface area contributed by atoms with Crippen molar-refractivity contribution in [2.24, 2.45) is 16.5 Å². The van der Waals surface area contributed by atoms with Crippen molar-refractivity contribution in [3.8, 4) is 0 Å². The van der Waals surface area contributed by atoms with Crippen LogP contribution < -0.4 is 22.1 Å². The molecule has 0 amide bonds. The van der Waals surface area contributed by atoms with Gasteiger partial charge in [-0.05, 0) is 13.8 Å². The van der Waals surface area contributed by atoms with Crippen LogP contribution in [0.2, 0.25) is 0 Å². The average Bonchev–Trinajstić information content (AvgIpc) is 2.27. The molecule has 0 aliphatic carbocycles. The lowest BCUT2D eigenvalue weighted by Gasteiger charge is -2.43. The summed E-state index contributed by atoms with van der Waals surface area (Å²) in [5.74, 6) is 0.640. The fourth-order valence-electron chi connectivity index (χ4n) is 2.08. The summed E-state index contributed by atoms with van der Waals surface area (Å²) in [6, 6.07) is 0. The predicted molar refractivity (Wildman–Crippen MR) is 64.5 cm³/mol. The Balaban J connectivity index is 2.21. The number of rotatable bonds is 1. The van der Waals surface area contributed by atoms with Gasteiger partial charge in [0.1, 0.15) is 11.7 Å². The summed E-state index contributed by atoms with van der Waals surface area (Å²) in [7, 11) is 0. The summed E-state index contributed by atoms with van der Waals surface area (Å²) in [5.41, 5.74) is 12.6. The van der Waals surface area contributed by atoms with Crippen LogP contribution in [0.4, 0.5) is 0 Å². The molecular weight excluding hydrogens is 204 g/mol. The molecule has 1 fully saturated rings. The third-order valence-electron chi connectivity index (χ3n) is 3.23. The molecule has 1 saturated heterocycles. The fourth-order valence-corrected chi connectivity index (χ4v) is 2.08. The lowest BCUT2D eigenvalue weighted by Crippen LogP contribution is -2.63. The van der Waals surface area contributed by atoms with Crippen LogP contribution in [0, 0.1) is 0 Å². The molecule has 6 heteroatoms. The van der Waals surface area contributed by atoms with Crippen LogP contribution in [-0.4, -0.2) is 42.7 Å². The maximum Gasteiger partial charge on any atom is 0.187 e. The first-order chi connectivity index (χ1) is 7.53. The largest absolute Gasteiger partial charge is 0.385 e. The number of nitrogens with two attached hydrogens (primary N) is 2. The SMILES string of the molecule is CC1=C(N)NC(C)(N2CCNCC2)N=C1N. The smallest absolute Gasteiger partial charge is 0.187 e. The van der Waals surface area contributed by atoms with Crippen LogP contribution in [0.25, 0.3) is 0 Å². The van der Waals surface area contributed by atoms with Crippen molar-refractivity contribution in [1.29, 1.82) is 0 Å². The minimum absolute atomic E-state index is 0.504. The molecule has 0 spiro atoms. The predicted octanol–water partition coefficient (Wildman–Crippen LogP) is -1.28. The zero-order valence-corrected chi connectivity index (χ0v) is 9.88. The molecule has 0 saturated carbocycles. The van der Waals surface area contributed by atoms with Gasteiger partial charge in [-0.2, -0.15) is 0 Å². The van der Waals surface area contributed by atoms with E-state index in [0.29, 0.717) is 11.7 Å². The maximum atomic E-state index is 5.92. The summed E-state index contributed by atoms with van der Waals surface area (Å²) >= 11 is 0. The number of hydrogen-bond acceptors (Lipinski definition) is 6. The Morgan fingerprint density at radius 1 is 1.31 bits per heavy atom. The lowest BCUT2D eigenvalue weighted by atomic mass is 10.2. The van der Waals surface area contributed by atoms with Crippen LogP contribution >= 0.6 is 0 Å². The Morgan fingerprint density at radius 2 is 1.94 bits per heavy atom. The van der Waals surface area contributed by atoms with Gasteiger partial charge in [0, 0.05) is 31.8 Å². The summed E-state index contributed by atoms with van der Waals surface area (Å²) in [4.78, 5) is 6.76. The van der Waals surface area contributed by atoms with Gasteiger partial charge in [-0.15, -0.1) is 0 Å². The Morgan fingerprint density at radius 3 is 2.50 bits per heavy atom. The fraction of sp³-hybridized carbons (Fsp3) is 0.700. The molecule has 1 unspecified atom stereocenters. The number of piperazine rings is 1. The molecule has 6 nitrogen and oxygen atoms in total. The van der Waals surface area contributed by atoms with Gasteiger partial charge in [0.25, 0.3) is 0 Å². The molecule has 0 bridgehead atoms. The van der Waals surface area contributed by atoms with Gasteiger partial charge in [0.05, 0.1) is 0 Å². The van der Waals surface area contributed by atoms with E-state index in [4.69, 9.17) is 11.5 Å². The topological polar surface area (TPSA) is 91.7 Å². The van der Waals surface area contributed by atoms with Gasteiger partial charge in [-0.1, -0.05) is 0 Å². The highest BCUT2D eigenvalue weighted by Crippen LogP contribution is 2.20. The van der Waals surface area contributed by atoms with E-state index in [1.165, 1.54) is 0 Å². The molecule has 0 aromatic carbocycles. The number of nitrogens with one attached hydrogen (secondary N) is 2. The second-order valence-corrected chi connectivity index (χ2v) is 4.42. The van der Waals surface area contributed by atoms with E-state index >= 15 is 0 Å². The summed E-state index contributed by atoms with van der Waals surface area (Å²) < 4.78 is 0. The second-order valence-electron chi connectivity index (χ2n) is 4.42. The number of aliphatic imine (C=N–C) groups is 1. The molecule has 2 rings (SSSR count). The monoisotopic (exact) mass is 224 g/mol. The van der Waals surface area contributed by atoms with Crippen LogP contribution in [0.1, 0.15) is 13.8 Å². The first kappa shape index (κ1) is 11.2. The number of nitrogens with zero attached hydrogens (tertiary/aromatic N) is 2. The third-order valence-corrected chi connectivity index (χ3v) is 3.23. The van der Waals surface area contributed by atoms with Crippen molar-refractivity contribution in [1.82, 2.24) is 15.5 Å². The molecule has 1 atom stereocenters. The first-order valence-electron chi connectivity index (χ1n) is 5.59. The molecule has 0 aromatic rings. The zero-order valence-electron chi connectivity index (χ0n) is 9.88. The van der Waals surface area contributed by atoms with E-state index in [1.807, 2.05) is 13.8 Å². The number of hydrogen-bond donors (Lipinski definition) is 4. The highest BCUT2D eigenvalue weighted by Gasteiger charge is 2.35. The van der Waals surface area contributed by atoms with E-state index in [2.05, 4.69) is 20.5 Å². The normalized spacial score (nSPS) is 32.2. The van der Waals surface area contributed by atoms with Gasteiger partial charge in [-0.25, -0.2) is 4.99 Å². The molecule has 2 aliphatic rings. The quantitative estimate of drug-likeness (QED) is 0.445. The maximum absolute atomic E-state index is 5.92. The minimum atomic E-state index is -0.504. The van der Waals surface area contributed by atoms with Gasteiger partial charge < -0.3 is 22.1 Å². The van der Waals surface area contributed by atoms with Gasteiger partial charge in [0.2, 0.25) is 0 Å². The molecule has 16 heavy (non-hydrogen) atoms. The Labute approximate surface area is 95.8 Å². The summed E-state index contributed by atoms with van der Waals surface area (Å²) in [6.45, 7) is 7.69. The van der Waals surface area contributed by atoms with Crippen molar-refractivity contribution < 1.29 is 0 Å². The van der Waals surface area contributed by atoms with Gasteiger partial charge >= 0.3 is 0 Å². The second kappa shape index (κ2) is 3.95. The summed E-state index contributed by atoms with van der Waals surface area (Å²) in [6.07, 6.45) is 0. The molecule has 0 radical (unpaired) electrons. The Hall–Kier alpha value is -1.27. The average molecular weight is 224 g/mol. The number of amidine groups is 1. The minimum Gasteiger partial charge on any atom is -0.385 e. The van der Waals surface area contributed by atoms with Crippen LogP contribution in [0.15, 0.2) is 16.4 Å². The molecule has 6 N–H and O–H groups in total. The molecule has 90 valence electrons. The van der Waals surface area contributed by atoms with E-state index in [-0.39, 0.29) is 0 Å². The van der Waals surface area contributed by atoms with E-state index in [9.17, 15) is 0 Å². The van der Waals surface area contributed by atoms with Gasteiger partial charge in [-0.3, -0.25) is 4.90 Å². The molecular formula is C10H20N6. The van der Waals surface area contributed by atoms with E-state index in [0.717, 1.165) is 31.8 Å². The van der Waals surface area contributed by atoms with Crippen LogP contribution in [0.3, 0.4) is 0 Å². The van der Waals surface area contributed by atoms with Crippen LogP contribution in [-0.2, 0) is 0 Å². The zero-order chi connectivity index (χ0) is 11.8. The standard InChI is InChI=1S/C10H20N6/c1-7-8(11)14-10(2,15-9(7)12)16-5-3-13-4-6-16/h13-14H,3-6,11H2,1-2H3,(H2,12,15). The Bertz CT molecular complexity index is 341. The van der Waals surface area contributed by atoms with E-state index in [1.54, 1.807) is 0 Å². The highest BCUT2D eigenvalue weighted by molar-refractivity contribution is 5.97. The summed E-state index contributed by atoms with van der Waals surface area (Å²) in [5, 5.41) is 6.54. The van der Waals surface area contributed by atoms with E-state index < -0.39 is 5.79 Å². The molecule has 2 aliphatic heterocycles.